The largest absolute Gasteiger partial charge is 0.401 e. The van der Waals surface area contributed by atoms with E-state index in [-0.39, 0.29) is 11.5 Å². The van der Waals surface area contributed by atoms with Crippen LogP contribution < -0.4 is 5.56 Å². The fourth-order valence-electron chi connectivity index (χ4n) is 4.44. The van der Waals surface area contributed by atoms with Gasteiger partial charge in [0, 0.05) is 18.3 Å². The number of piperidine rings is 1. The lowest BCUT2D eigenvalue weighted by atomic mass is 9.95. The van der Waals surface area contributed by atoms with Crippen molar-refractivity contribution >= 4 is 16.6 Å². The van der Waals surface area contributed by atoms with E-state index < -0.39 is 12.7 Å². The number of alkyl halides is 3. The molecule has 9 heteroatoms. The molecule has 4 aromatic rings. The number of pyridine rings is 1. The Balaban J connectivity index is 1.40. The molecule has 0 radical (unpaired) electrons. The Labute approximate surface area is 181 Å². The average molecular weight is 441 g/mol. The van der Waals surface area contributed by atoms with Gasteiger partial charge in [0.2, 0.25) is 0 Å². The van der Waals surface area contributed by atoms with E-state index in [2.05, 4.69) is 15.0 Å². The van der Waals surface area contributed by atoms with E-state index in [0.29, 0.717) is 42.7 Å². The zero-order valence-electron chi connectivity index (χ0n) is 17.5. The molecule has 3 aromatic heterocycles. The highest BCUT2D eigenvalue weighted by Crippen LogP contribution is 2.29. The van der Waals surface area contributed by atoms with Crippen molar-refractivity contribution in [2.75, 3.05) is 19.6 Å². The molecular formula is C23H22F3N5O. The minimum Gasteiger partial charge on any atom is -0.310 e. The normalized spacial score (nSPS) is 16.2. The summed E-state index contributed by atoms with van der Waals surface area (Å²) in [5.41, 5.74) is 3.99. The minimum absolute atomic E-state index is 0.0526. The van der Waals surface area contributed by atoms with Crippen LogP contribution in [0.15, 0.2) is 47.5 Å². The Morgan fingerprint density at radius 2 is 1.81 bits per heavy atom. The van der Waals surface area contributed by atoms with Crippen molar-refractivity contribution < 1.29 is 13.2 Å². The van der Waals surface area contributed by atoms with Crippen LogP contribution in [0, 0.1) is 6.92 Å². The van der Waals surface area contributed by atoms with Gasteiger partial charge in [-0.3, -0.25) is 9.69 Å². The summed E-state index contributed by atoms with van der Waals surface area (Å²) in [5.74, 6) is 0.500. The van der Waals surface area contributed by atoms with Crippen LogP contribution in [0.25, 0.3) is 27.7 Å². The number of benzene rings is 1. The predicted molar refractivity (Wildman–Crippen MR) is 116 cm³/mol. The van der Waals surface area contributed by atoms with E-state index in [1.165, 1.54) is 4.90 Å². The van der Waals surface area contributed by atoms with Crippen molar-refractivity contribution in [1.82, 2.24) is 24.3 Å². The fraction of sp³-hybridized carbons (Fsp3) is 0.348. The van der Waals surface area contributed by atoms with Gasteiger partial charge >= 0.3 is 6.18 Å². The number of likely N-dealkylation sites (tertiary alicyclic amines) is 1. The number of imidazole rings is 1. The van der Waals surface area contributed by atoms with E-state index in [1.807, 2.05) is 54.0 Å². The molecule has 0 spiro atoms. The summed E-state index contributed by atoms with van der Waals surface area (Å²) in [6.45, 7) is 1.71. The van der Waals surface area contributed by atoms with E-state index in [1.54, 1.807) is 0 Å². The molecule has 6 nitrogen and oxygen atoms in total. The molecule has 0 saturated carbocycles. The average Bonchev–Trinajstić information content (AvgIpc) is 3.12. The van der Waals surface area contributed by atoms with Crippen LogP contribution >= 0.6 is 0 Å². The quantitative estimate of drug-likeness (QED) is 0.515. The highest BCUT2D eigenvalue weighted by Gasteiger charge is 2.33. The van der Waals surface area contributed by atoms with Gasteiger partial charge in [-0.05, 0) is 68.2 Å². The second kappa shape index (κ2) is 7.74. The SMILES string of the molecule is Cc1cn2cc(-c3ccc4nc(C5CCN(CC(F)(F)F)CC5)[nH]c(=O)c4c3)ccc2n1. The third kappa shape index (κ3) is 4.12. The van der Waals surface area contributed by atoms with Gasteiger partial charge in [0.05, 0.1) is 23.1 Å². The lowest BCUT2D eigenvalue weighted by Gasteiger charge is -2.31. The second-order valence-electron chi connectivity index (χ2n) is 8.41. The van der Waals surface area contributed by atoms with E-state index >= 15 is 0 Å². The number of hydrogen-bond acceptors (Lipinski definition) is 4. The van der Waals surface area contributed by atoms with Crippen LogP contribution in [-0.4, -0.2) is 50.1 Å². The maximum Gasteiger partial charge on any atom is 0.401 e. The first-order valence-corrected chi connectivity index (χ1v) is 10.5. The number of H-pyrrole nitrogens is 1. The zero-order valence-corrected chi connectivity index (χ0v) is 17.5. The first kappa shape index (κ1) is 20.7. The minimum atomic E-state index is -4.19. The molecule has 1 fully saturated rings. The monoisotopic (exact) mass is 441 g/mol. The number of rotatable bonds is 3. The van der Waals surface area contributed by atoms with Crippen molar-refractivity contribution in [2.45, 2.75) is 31.9 Å². The summed E-state index contributed by atoms with van der Waals surface area (Å²) in [6.07, 6.45) is 0.795. The number of aromatic amines is 1. The maximum atomic E-state index is 12.8. The van der Waals surface area contributed by atoms with Crippen molar-refractivity contribution in [3.8, 4) is 11.1 Å². The number of halogens is 3. The van der Waals surface area contributed by atoms with Gasteiger partial charge in [-0.15, -0.1) is 0 Å². The van der Waals surface area contributed by atoms with E-state index in [4.69, 9.17) is 0 Å². The number of hydrogen-bond donors (Lipinski definition) is 1. The molecule has 1 aliphatic heterocycles. The molecule has 1 saturated heterocycles. The van der Waals surface area contributed by atoms with Gasteiger partial charge in [0.25, 0.3) is 5.56 Å². The summed E-state index contributed by atoms with van der Waals surface area (Å²) in [4.78, 5) is 26.2. The first-order valence-electron chi connectivity index (χ1n) is 10.5. The van der Waals surface area contributed by atoms with Crippen molar-refractivity contribution in [1.29, 1.82) is 0 Å². The number of aryl methyl sites for hydroxylation is 1. The smallest absolute Gasteiger partial charge is 0.310 e. The molecule has 0 unspecified atom stereocenters. The Morgan fingerprint density at radius 3 is 2.56 bits per heavy atom. The number of aromatic nitrogens is 4. The summed E-state index contributed by atoms with van der Waals surface area (Å²) in [5, 5.41) is 0.489. The molecule has 0 amide bonds. The third-order valence-corrected chi connectivity index (χ3v) is 6.01. The maximum absolute atomic E-state index is 12.8. The van der Waals surface area contributed by atoms with Gasteiger partial charge in [-0.25, -0.2) is 9.97 Å². The van der Waals surface area contributed by atoms with Crippen LogP contribution in [0.4, 0.5) is 13.2 Å². The number of nitrogens with zero attached hydrogens (tertiary/aromatic N) is 4. The van der Waals surface area contributed by atoms with Gasteiger partial charge in [-0.2, -0.15) is 13.2 Å². The van der Waals surface area contributed by atoms with E-state index in [0.717, 1.165) is 22.5 Å². The first-order chi connectivity index (χ1) is 15.2. The zero-order chi connectivity index (χ0) is 22.5. The van der Waals surface area contributed by atoms with Gasteiger partial charge in [0.15, 0.2) is 0 Å². The standard InChI is InChI=1S/C23H22F3N5O/c1-14-11-31-12-17(3-5-20(31)27-14)16-2-4-19-18(10-16)22(32)29-21(28-19)15-6-8-30(9-7-15)13-23(24,25)26/h2-5,10-12,15H,6-9,13H2,1H3,(H,28,29,32). The second-order valence-corrected chi connectivity index (χ2v) is 8.41. The number of fused-ring (bicyclic) bond motifs is 2. The molecule has 4 heterocycles. The Kier molecular flexibility index (Phi) is 5.00. The highest BCUT2D eigenvalue weighted by molar-refractivity contribution is 5.83. The topological polar surface area (TPSA) is 66.3 Å². The lowest BCUT2D eigenvalue weighted by molar-refractivity contribution is -0.148. The molecule has 0 atom stereocenters. The molecule has 1 aliphatic rings. The van der Waals surface area contributed by atoms with Crippen LogP contribution in [-0.2, 0) is 0 Å². The summed E-state index contributed by atoms with van der Waals surface area (Å²) in [6, 6.07) is 9.47. The highest BCUT2D eigenvalue weighted by atomic mass is 19.4. The molecule has 32 heavy (non-hydrogen) atoms. The van der Waals surface area contributed by atoms with Crippen molar-refractivity contribution in [3.05, 3.63) is 64.6 Å². The molecule has 166 valence electrons. The summed E-state index contributed by atoms with van der Waals surface area (Å²) in [7, 11) is 0. The summed E-state index contributed by atoms with van der Waals surface area (Å²) < 4.78 is 39.8. The number of nitrogens with one attached hydrogen (secondary N) is 1. The van der Waals surface area contributed by atoms with Crippen molar-refractivity contribution in [3.63, 3.8) is 0 Å². The van der Waals surface area contributed by atoms with Gasteiger partial charge in [0.1, 0.15) is 11.5 Å². The van der Waals surface area contributed by atoms with Crippen LogP contribution in [0.3, 0.4) is 0 Å². The molecule has 0 bridgehead atoms. The van der Waals surface area contributed by atoms with Crippen molar-refractivity contribution in [2.24, 2.45) is 0 Å². The molecular weight excluding hydrogens is 419 g/mol. The van der Waals surface area contributed by atoms with Gasteiger partial charge in [-0.1, -0.05) is 6.07 Å². The molecule has 1 N–H and O–H groups in total. The Bertz CT molecular complexity index is 1350. The van der Waals surface area contributed by atoms with E-state index in [9.17, 15) is 18.0 Å². The summed E-state index contributed by atoms with van der Waals surface area (Å²) >= 11 is 0. The Morgan fingerprint density at radius 1 is 1.06 bits per heavy atom. The predicted octanol–water partition coefficient (Wildman–Crippen LogP) is 4.29. The molecule has 1 aromatic carbocycles. The molecule has 5 rings (SSSR count). The van der Waals surface area contributed by atoms with Crippen LogP contribution in [0.5, 0.6) is 0 Å². The van der Waals surface area contributed by atoms with Crippen LogP contribution in [0.2, 0.25) is 0 Å². The van der Waals surface area contributed by atoms with Gasteiger partial charge < -0.3 is 9.38 Å². The Hall–Kier alpha value is -3.20. The fourth-order valence-corrected chi connectivity index (χ4v) is 4.44. The third-order valence-electron chi connectivity index (χ3n) is 6.01. The lowest BCUT2D eigenvalue weighted by Crippen LogP contribution is -2.40. The molecule has 0 aliphatic carbocycles. The van der Waals surface area contributed by atoms with Crippen LogP contribution in [0.1, 0.15) is 30.3 Å².